The molecule has 2 rings (SSSR count). The van der Waals surface area contributed by atoms with E-state index in [1.165, 1.54) is 25.7 Å². The molecule has 0 bridgehead atoms. The fourth-order valence-corrected chi connectivity index (χ4v) is 3.56. The van der Waals surface area contributed by atoms with Crippen molar-refractivity contribution in [2.24, 2.45) is 5.92 Å². The molecule has 1 unspecified atom stereocenters. The van der Waals surface area contributed by atoms with E-state index in [9.17, 15) is 14.4 Å². The molecule has 33 heavy (non-hydrogen) atoms. The van der Waals surface area contributed by atoms with Crippen molar-refractivity contribution < 1.29 is 23.9 Å². The molecule has 8 nitrogen and oxygen atoms in total. The average molecular weight is 462 g/mol. The summed E-state index contributed by atoms with van der Waals surface area (Å²) in [6, 6.07) is 6.56. The molecular formula is C25H39N3O5. The lowest BCUT2D eigenvalue weighted by molar-refractivity contribution is -0.149. The number of carbonyl (C=O) groups is 3. The lowest BCUT2D eigenvalue weighted by Crippen LogP contribution is -2.57. The molecule has 0 aliphatic carbocycles. The number of nitrogens with zero attached hydrogens (tertiary/aromatic N) is 1. The molecule has 1 atom stereocenters. The zero-order valence-corrected chi connectivity index (χ0v) is 20.2. The number of benzene rings is 1. The van der Waals surface area contributed by atoms with Crippen molar-refractivity contribution in [3.63, 3.8) is 0 Å². The number of rotatable bonds is 14. The van der Waals surface area contributed by atoms with Gasteiger partial charge in [0.15, 0.2) is 0 Å². The van der Waals surface area contributed by atoms with Crippen LogP contribution < -0.4 is 15.4 Å². The van der Waals surface area contributed by atoms with Crippen molar-refractivity contribution in [1.82, 2.24) is 10.2 Å². The number of esters is 1. The monoisotopic (exact) mass is 461 g/mol. The summed E-state index contributed by atoms with van der Waals surface area (Å²) in [6.45, 7) is 8.05. The largest absolute Gasteiger partial charge is 0.494 e. The normalized spacial score (nSPS) is 16.4. The van der Waals surface area contributed by atoms with Gasteiger partial charge in [-0.05, 0) is 36.6 Å². The van der Waals surface area contributed by atoms with E-state index in [2.05, 4.69) is 17.6 Å². The summed E-state index contributed by atoms with van der Waals surface area (Å²) in [5.41, 5.74) is 0.657. The molecule has 1 aromatic carbocycles. The summed E-state index contributed by atoms with van der Waals surface area (Å²) in [5, 5.41) is 5.61. The van der Waals surface area contributed by atoms with Gasteiger partial charge in [0.25, 0.3) is 0 Å². The second kappa shape index (κ2) is 14.5. The second-order valence-electron chi connectivity index (χ2n) is 8.89. The van der Waals surface area contributed by atoms with Crippen LogP contribution in [-0.4, -0.2) is 61.6 Å². The molecule has 184 valence electrons. The minimum Gasteiger partial charge on any atom is -0.494 e. The number of anilines is 1. The zero-order valence-electron chi connectivity index (χ0n) is 20.2. The van der Waals surface area contributed by atoms with Crippen molar-refractivity contribution in [2.75, 3.05) is 38.2 Å². The Kier molecular flexibility index (Phi) is 11.7. The third-order valence-electron chi connectivity index (χ3n) is 5.38. The molecule has 0 saturated carbocycles. The lowest BCUT2D eigenvalue weighted by atomic mass is 10.1. The molecule has 1 aliphatic heterocycles. The molecule has 1 aliphatic rings. The minimum atomic E-state index is -0.711. The van der Waals surface area contributed by atoms with Gasteiger partial charge in [-0.2, -0.15) is 0 Å². The summed E-state index contributed by atoms with van der Waals surface area (Å²) in [6.07, 6.45) is 5.87. The van der Waals surface area contributed by atoms with E-state index in [4.69, 9.17) is 9.47 Å². The van der Waals surface area contributed by atoms with Gasteiger partial charge in [-0.25, -0.2) is 0 Å². The van der Waals surface area contributed by atoms with Gasteiger partial charge in [-0.15, -0.1) is 0 Å². The van der Waals surface area contributed by atoms with Gasteiger partial charge in [-0.3, -0.25) is 19.3 Å². The van der Waals surface area contributed by atoms with Gasteiger partial charge in [0.1, 0.15) is 11.8 Å². The van der Waals surface area contributed by atoms with Crippen molar-refractivity contribution in [3.05, 3.63) is 24.3 Å². The maximum atomic E-state index is 12.6. The third-order valence-corrected chi connectivity index (χ3v) is 5.38. The second-order valence-corrected chi connectivity index (χ2v) is 8.89. The van der Waals surface area contributed by atoms with E-state index in [1.807, 2.05) is 26.0 Å². The van der Waals surface area contributed by atoms with Gasteiger partial charge < -0.3 is 20.1 Å². The van der Waals surface area contributed by atoms with Crippen LogP contribution in [0.3, 0.4) is 0 Å². The average Bonchev–Trinajstić information content (AvgIpc) is 2.78. The molecule has 2 N–H and O–H groups in total. The number of hydrogen-bond donors (Lipinski definition) is 2. The number of unbranched alkanes of at least 4 members (excludes halogenated alkanes) is 4. The molecule has 0 spiro atoms. The first-order chi connectivity index (χ1) is 15.9. The molecular weight excluding hydrogens is 422 g/mol. The third kappa shape index (κ3) is 10.2. The predicted molar refractivity (Wildman–Crippen MR) is 128 cm³/mol. The van der Waals surface area contributed by atoms with E-state index in [0.717, 1.165) is 12.2 Å². The zero-order chi connectivity index (χ0) is 24.1. The van der Waals surface area contributed by atoms with Gasteiger partial charge in [0.2, 0.25) is 11.8 Å². The van der Waals surface area contributed by atoms with Crippen molar-refractivity contribution in [1.29, 1.82) is 0 Å². The van der Waals surface area contributed by atoms with Crippen LogP contribution in [0.1, 0.15) is 59.3 Å². The van der Waals surface area contributed by atoms with E-state index in [-0.39, 0.29) is 30.7 Å². The summed E-state index contributed by atoms with van der Waals surface area (Å²) >= 11 is 0. The SMILES string of the molecule is CCCCCCCOc1ccc(NC(=O)CN2CCNC(=O)C2CC(=O)OCC(C)C)cc1. The molecule has 0 aromatic heterocycles. The van der Waals surface area contributed by atoms with Crippen LogP contribution in [0.2, 0.25) is 0 Å². The first-order valence-corrected chi connectivity index (χ1v) is 12.1. The molecule has 2 amide bonds. The Morgan fingerprint density at radius 2 is 1.88 bits per heavy atom. The van der Waals surface area contributed by atoms with Crippen molar-refractivity contribution in [2.45, 2.75) is 65.3 Å². The highest BCUT2D eigenvalue weighted by atomic mass is 16.5. The van der Waals surface area contributed by atoms with E-state index in [0.29, 0.717) is 32.0 Å². The van der Waals surface area contributed by atoms with E-state index < -0.39 is 12.0 Å². The highest BCUT2D eigenvalue weighted by Gasteiger charge is 2.33. The number of nitrogens with one attached hydrogen (secondary N) is 2. The molecule has 0 radical (unpaired) electrons. The Labute approximate surface area is 197 Å². The fourth-order valence-electron chi connectivity index (χ4n) is 3.56. The quantitative estimate of drug-likeness (QED) is 0.326. The van der Waals surface area contributed by atoms with Crippen molar-refractivity contribution in [3.8, 4) is 5.75 Å². The van der Waals surface area contributed by atoms with Gasteiger partial charge >= 0.3 is 5.97 Å². The van der Waals surface area contributed by atoms with Crippen LogP contribution in [0.15, 0.2) is 24.3 Å². The fraction of sp³-hybridized carbons (Fsp3) is 0.640. The molecule has 1 fully saturated rings. The standard InChI is InChI=1S/C25H39N3O5/c1-4-5-6-7-8-15-32-21-11-9-20(10-12-21)27-23(29)17-28-14-13-26-25(31)22(28)16-24(30)33-18-19(2)3/h9-12,19,22H,4-8,13-18H2,1-3H3,(H,26,31)(H,27,29). The van der Waals surface area contributed by atoms with Crippen LogP contribution in [0, 0.1) is 5.92 Å². The molecule has 1 aromatic rings. The Morgan fingerprint density at radius 1 is 1.15 bits per heavy atom. The summed E-state index contributed by atoms with van der Waals surface area (Å²) in [7, 11) is 0. The molecule has 1 heterocycles. The smallest absolute Gasteiger partial charge is 0.307 e. The summed E-state index contributed by atoms with van der Waals surface area (Å²) < 4.78 is 11.0. The van der Waals surface area contributed by atoms with Crippen LogP contribution in [-0.2, 0) is 19.1 Å². The highest BCUT2D eigenvalue weighted by molar-refractivity contribution is 5.93. The Bertz CT molecular complexity index is 751. The predicted octanol–water partition coefficient (Wildman–Crippen LogP) is 3.36. The maximum Gasteiger partial charge on any atom is 0.307 e. The topological polar surface area (TPSA) is 97.0 Å². The number of amides is 2. The number of carbonyl (C=O) groups excluding carboxylic acids is 3. The van der Waals surface area contributed by atoms with Gasteiger partial charge in [-0.1, -0.05) is 46.5 Å². The van der Waals surface area contributed by atoms with Crippen LogP contribution in [0.4, 0.5) is 5.69 Å². The van der Waals surface area contributed by atoms with E-state index >= 15 is 0 Å². The van der Waals surface area contributed by atoms with Crippen LogP contribution in [0.5, 0.6) is 5.75 Å². The minimum absolute atomic E-state index is 0.0194. The first kappa shape index (κ1) is 26.6. The number of ether oxygens (including phenoxy) is 2. The van der Waals surface area contributed by atoms with Gasteiger partial charge in [0, 0.05) is 18.8 Å². The molecule has 8 heteroatoms. The van der Waals surface area contributed by atoms with E-state index in [1.54, 1.807) is 17.0 Å². The number of hydrogen-bond acceptors (Lipinski definition) is 6. The summed E-state index contributed by atoms with van der Waals surface area (Å²) in [5.74, 6) is 0.0634. The van der Waals surface area contributed by atoms with Crippen molar-refractivity contribution >= 4 is 23.5 Å². The Hall–Kier alpha value is -2.61. The van der Waals surface area contributed by atoms with Crippen LogP contribution in [0.25, 0.3) is 0 Å². The Balaban J connectivity index is 1.80. The molecule has 1 saturated heterocycles. The van der Waals surface area contributed by atoms with Crippen LogP contribution >= 0.6 is 0 Å². The highest BCUT2D eigenvalue weighted by Crippen LogP contribution is 2.17. The summed E-state index contributed by atoms with van der Waals surface area (Å²) in [4.78, 5) is 38.7. The number of piperazine rings is 1. The first-order valence-electron chi connectivity index (χ1n) is 12.1. The van der Waals surface area contributed by atoms with Gasteiger partial charge in [0.05, 0.1) is 26.2 Å². The Morgan fingerprint density at radius 3 is 2.58 bits per heavy atom. The lowest BCUT2D eigenvalue weighted by Gasteiger charge is -2.33. The maximum absolute atomic E-state index is 12.6.